The molecule has 0 aliphatic carbocycles. The van der Waals surface area contributed by atoms with Crippen molar-refractivity contribution in [3.8, 4) is 0 Å². The molecule has 2 aliphatic rings. The zero-order chi connectivity index (χ0) is 15.0. The van der Waals surface area contributed by atoms with E-state index in [1.807, 2.05) is 4.90 Å². The van der Waals surface area contributed by atoms with Crippen LogP contribution >= 0.6 is 0 Å². The average Bonchev–Trinajstić information content (AvgIpc) is 2.79. The van der Waals surface area contributed by atoms with Crippen LogP contribution in [0.4, 0.5) is 11.4 Å². The van der Waals surface area contributed by atoms with Gasteiger partial charge in [0.25, 0.3) is 11.8 Å². The molecule has 0 atom stereocenters. The molecule has 0 unspecified atom stereocenters. The van der Waals surface area contributed by atoms with Crippen molar-refractivity contribution in [2.45, 2.75) is 0 Å². The van der Waals surface area contributed by atoms with E-state index in [0.29, 0.717) is 18.8 Å². The van der Waals surface area contributed by atoms with Crippen molar-refractivity contribution in [2.75, 3.05) is 34.4 Å². The number of rotatable bonds is 2. The number of carbonyl (C=O) groups excluding carboxylic acids is 2. The van der Waals surface area contributed by atoms with Gasteiger partial charge in [0.05, 0.1) is 17.2 Å². The highest BCUT2D eigenvalue weighted by molar-refractivity contribution is 7.91. The van der Waals surface area contributed by atoms with Gasteiger partial charge in [0.2, 0.25) is 0 Å². The van der Waals surface area contributed by atoms with Gasteiger partial charge in [-0.15, -0.1) is 0 Å². The van der Waals surface area contributed by atoms with Gasteiger partial charge in [-0.05, 0) is 24.3 Å². The monoisotopic (exact) mass is 306 g/mol. The highest BCUT2D eigenvalue weighted by atomic mass is 32.2. The zero-order valence-corrected chi connectivity index (χ0v) is 12.0. The molecule has 1 aromatic rings. The molecule has 1 saturated heterocycles. The molecule has 2 aliphatic heterocycles. The van der Waals surface area contributed by atoms with E-state index in [2.05, 4.69) is 0 Å². The molecule has 3 rings (SSSR count). The van der Waals surface area contributed by atoms with E-state index in [0.717, 1.165) is 10.6 Å². The van der Waals surface area contributed by atoms with Crippen LogP contribution in [0.5, 0.6) is 0 Å². The predicted octanol–water partition coefficient (Wildman–Crippen LogP) is 0.351. The Morgan fingerprint density at radius 2 is 1.29 bits per heavy atom. The van der Waals surface area contributed by atoms with Crippen molar-refractivity contribution in [1.29, 1.82) is 0 Å². The topological polar surface area (TPSA) is 74.8 Å². The van der Waals surface area contributed by atoms with Gasteiger partial charge in [-0.25, -0.2) is 13.3 Å². The van der Waals surface area contributed by atoms with Gasteiger partial charge < -0.3 is 4.90 Å². The van der Waals surface area contributed by atoms with E-state index in [9.17, 15) is 18.0 Å². The van der Waals surface area contributed by atoms with Gasteiger partial charge in [-0.3, -0.25) is 9.59 Å². The summed E-state index contributed by atoms with van der Waals surface area (Å²) in [6.45, 7) is 0.926. The molecule has 6 nitrogen and oxygen atoms in total. The van der Waals surface area contributed by atoms with E-state index in [-0.39, 0.29) is 23.3 Å². The number of hydrogen-bond acceptors (Lipinski definition) is 5. The van der Waals surface area contributed by atoms with Crippen LogP contribution in [0.1, 0.15) is 0 Å². The van der Waals surface area contributed by atoms with Gasteiger partial charge in [-0.1, -0.05) is 0 Å². The van der Waals surface area contributed by atoms with Crippen LogP contribution in [-0.4, -0.2) is 44.8 Å². The average molecular weight is 306 g/mol. The van der Waals surface area contributed by atoms with Crippen LogP contribution in [0.3, 0.4) is 0 Å². The SMILES string of the molecule is O=C1C=CC(=O)N1c1ccc(N2CCS(=O)(=O)CC2)cc1. The van der Waals surface area contributed by atoms with Gasteiger partial charge in [0.15, 0.2) is 9.84 Å². The van der Waals surface area contributed by atoms with E-state index in [1.54, 1.807) is 24.3 Å². The van der Waals surface area contributed by atoms with Crippen molar-refractivity contribution < 1.29 is 18.0 Å². The molecule has 0 radical (unpaired) electrons. The number of imide groups is 1. The Morgan fingerprint density at radius 3 is 1.81 bits per heavy atom. The number of anilines is 2. The molecular formula is C14H14N2O4S. The van der Waals surface area contributed by atoms with Gasteiger partial charge in [0.1, 0.15) is 0 Å². The third-order valence-corrected chi connectivity index (χ3v) is 5.24. The lowest BCUT2D eigenvalue weighted by Gasteiger charge is -2.29. The summed E-state index contributed by atoms with van der Waals surface area (Å²) in [5.74, 6) is -0.391. The summed E-state index contributed by atoms with van der Waals surface area (Å²) in [5, 5.41) is 0. The largest absolute Gasteiger partial charge is 0.369 e. The number of nitrogens with zero attached hydrogens (tertiary/aromatic N) is 2. The Hall–Kier alpha value is -2.15. The summed E-state index contributed by atoms with van der Waals surface area (Å²) >= 11 is 0. The molecule has 7 heteroatoms. The summed E-state index contributed by atoms with van der Waals surface area (Å²) in [6.07, 6.45) is 2.48. The highest BCUT2D eigenvalue weighted by Gasteiger charge is 2.26. The normalized spacial score (nSPS) is 21.1. The molecule has 21 heavy (non-hydrogen) atoms. The fraction of sp³-hybridized carbons (Fsp3) is 0.286. The van der Waals surface area contributed by atoms with E-state index >= 15 is 0 Å². The van der Waals surface area contributed by atoms with Crippen molar-refractivity contribution in [3.05, 3.63) is 36.4 Å². The molecule has 1 fully saturated rings. The number of sulfone groups is 1. The second-order valence-electron chi connectivity index (χ2n) is 5.00. The van der Waals surface area contributed by atoms with Crippen molar-refractivity contribution in [3.63, 3.8) is 0 Å². The van der Waals surface area contributed by atoms with E-state index in [4.69, 9.17) is 0 Å². The Balaban J connectivity index is 1.76. The Kier molecular flexibility index (Phi) is 3.29. The maximum Gasteiger partial charge on any atom is 0.258 e. The van der Waals surface area contributed by atoms with Crippen LogP contribution in [0, 0.1) is 0 Å². The van der Waals surface area contributed by atoms with Crippen LogP contribution in [0.25, 0.3) is 0 Å². The number of benzene rings is 1. The quantitative estimate of drug-likeness (QED) is 0.737. The Bertz CT molecular complexity index is 690. The minimum atomic E-state index is -2.91. The lowest BCUT2D eigenvalue weighted by Crippen LogP contribution is -2.40. The van der Waals surface area contributed by atoms with Crippen LogP contribution in [0.15, 0.2) is 36.4 Å². The van der Waals surface area contributed by atoms with Gasteiger partial charge in [-0.2, -0.15) is 0 Å². The van der Waals surface area contributed by atoms with Crippen molar-refractivity contribution in [1.82, 2.24) is 0 Å². The minimum Gasteiger partial charge on any atom is -0.369 e. The lowest BCUT2D eigenvalue weighted by molar-refractivity contribution is -0.119. The van der Waals surface area contributed by atoms with Crippen molar-refractivity contribution in [2.24, 2.45) is 0 Å². The molecule has 0 spiro atoms. The second kappa shape index (κ2) is 5.00. The maximum atomic E-state index is 11.6. The standard InChI is InChI=1S/C14H14N2O4S/c17-13-5-6-14(18)16(13)12-3-1-11(2-4-12)15-7-9-21(19,20)10-8-15/h1-6H,7-10H2. The fourth-order valence-electron chi connectivity index (χ4n) is 2.44. The summed E-state index contributed by atoms with van der Waals surface area (Å²) < 4.78 is 22.8. The molecule has 0 aromatic heterocycles. The molecule has 0 saturated carbocycles. The third-order valence-electron chi connectivity index (χ3n) is 3.63. The first-order chi connectivity index (χ1) is 9.96. The third kappa shape index (κ3) is 2.69. The first-order valence-electron chi connectivity index (χ1n) is 6.58. The van der Waals surface area contributed by atoms with E-state index in [1.165, 1.54) is 12.2 Å². The summed E-state index contributed by atoms with van der Waals surface area (Å²) in [5.41, 5.74) is 1.41. The molecule has 2 amide bonds. The second-order valence-corrected chi connectivity index (χ2v) is 7.30. The van der Waals surface area contributed by atoms with Gasteiger partial charge in [0, 0.05) is 30.9 Å². The molecular weight excluding hydrogens is 292 g/mol. The summed E-state index contributed by atoms with van der Waals surface area (Å²) in [6, 6.07) is 6.99. The lowest BCUT2D eigenvalue weighted by atomic mass is 10.2. The van der Waals surface area contributed by atoms with Crippen molar-refractivity contribution >= 4 is 33.0 Å². The number of amides is 2. The fourth-order valence-corrected chi connectivity index (χ4v) is 3.64. The zero-order valence-electron chi connectivity index (χ0n) is 11.2. The molecule has 0 bridgehead atoms. The molecule has 2 heterocycles. The predicted molar refractivity (Wildman–Crippen MR) is 78.9 cm³/mol. The highest BCUT2D eigenvalue weighted by Crippen LogP contribution is 2.24. The van der Waals surface area contributed by atoms with Crippen LogP contribution in [0.2, 0.25) is 0 Å². The maximum absolute atomic E-state index is 11.6. The summed E-state index contributed by atoms with van der Waals surface area (Å²) in [4.78, 5) is 26.3. The summed E-state index contributed by atoms with van der Waals surface area (Å²) in [7, 11) is -2.91. The Morgan fingerprint density at radius 1 is 0.810 bits per heavy atom. The first-order valence-corrected chi connectivity index (χ1v) is 8.40. The number of carbonyl (C=O) groups is 2. The molecule has 1 aromatic carbocycles. The van der Waals surface area contributed by atoms with Crippen LogP contribution < -0.4 is 9.80 Å². The Labute approximate surface area is 122 Å². The van der Waals surface area contributed by atoms with Gasteiger partial charge >= 0.3 is 0 Å². The number of hydrogen-bond donors (Lipinski definition) is 0. The smallest absolute Gasteiger partial charge is 0.258 e. The minimum absolute atomic E-state index is 0.155. The molecule has 0 N–H and O–H groups in total. The van der Waals surface area contributed by atoms with E-state index < -0.39 is 9.84 Å². The first kappa shape index (κ1) is 13.8. The van der Waals surface area contributed by atoms with Crippen LogP contribution in [-0.2, 0) is 19.4 Å². The molecule has 110 valence electrons.